The average Bonchev–Trinajstić information content (AvgIpc) is 2.86. The van der Waals surface area contributed by atoms with E-state index in [0.717, 1.165) is 10.1 Å². The number of hydrogen-bond donors (Lipinski definition) is 0. The average molecular weight is 369 g/mol. The number of benzene rings is 1. The highest BCUT2D eigenvalue weighted by Gasteiger charge is 2.19. The van der Waals surface area contributed by atoms with E-state index >= 15 is 0 Å². The lowest BCUT2D eigenvalue weighted by molar-refractivity contribution is 0.0596. The quantitative estimate of drug-likeness (QED) is 0.745. The fourth-order valence-electron chi connectivity index (χ4n) is 1.93. The molecule has 0 aliphatic carbocycles. The third-order valence-electron chi connectivity index (χ3n) is 2.95. The van der Waals surface area contributed by atoms with Crippen LogP contribution in [-0.2, 0) is 19.2 Å². The van der Waals surface area contributed by atoms with Gasteiger partial charge in [0, 0.05) is 15.9 Å². The Morgan fingerprint density at radius 3 is 2.46 bits per heavy atom. The van der Waals surface area contributed by atoms with Crippen molar-refractivity contribution in [1.82, 2.24) is 0 Å². The van der Waals surface area contributed by atoms with E-state index in [0.29, 0.717) is 9.77 Å². The van der Waals surface area contributed by atoms with Crippen LogP contribution in [0, 0.1) is 0 Å². The molecule has 1 aromatic carbocycles. The molecule has 130 valence electrons. The molecule has 2 rings (SSSR count). The lowest BCUT2D eigenvalue weighted by atomic mass is 10.2. The Balaban J connectivity index is 2.42. The van der Waals surface area contributed by atoms with Crippen molar-refractivity contribution in [3.63, 3.8) is 0 Å². The number of fused-ring (bicyclic) bond motifs is 1. The van der Waals surface area contributed by atoms with Crippen LogP contribution in [-0.4, -0.2) is 35.2 Å². The fourth-order valence-corrected chi connectivity index (χ4v) is 3.99. The second-order valence-corrected chi connectivity index (χ2v) is 9.52. The van der Waals surface area contributed by atoms with Crippen LogP contribution >= 0.6 is 11.3 Å². The molecule has 1 atom stereocenters. The maximum Gasteiger partial charge on any atom is 0.442 e. The van der Waals surface area contributed by atoms with Crippen LogP contribution < -0.4 is 0 Å². The summed E-state index contributed by atoms with van der Waals surface area (Å²) >= 11 is 1.28. The third kappa shape index (κ3) is 4.33. The lowest BCUT2D eigenvalue weighted by Gasteiger charge is -2.17. The molecule has 0 spiro atoms. The summed E-state index contributed by atoms with van der Waals surface area (Å²) in [4.78, 5) is 24.3. The number of methoxy groups -OCH3 is 1. The van der Waals surface area contributed by atoms with Crippen LogP contribution in [0.2, 0.25) is 0 Å². The number of carbonyl (C=O) groups is 2. The van der Waals surface area contributed by atoms with Crippen LogP contribution in [0.5, 0.6) is 0 Å². The van der Waals surface area contributed by atoms with Crippen molar-refractivity contribution in [2.45, 2.75) is 31.3 Å². The SMILES string of the molecule is COC(=O)c1cc2cc(S(C)(=O)=NC(=O)OC(C)(C)C)ccc2s1. The van der Waals surface area contributed by atoms with Crippen LogP contribution in [0.4, 0.5) is 4.79 Å². The summed E-state index contributed by atoms with van der Waals surface area (Å²) in [7, 11) is -1.63. The van der Waals surface area contributed by atoms with Gasteiger partial charge in [-0.05, 0) is 50.4 Å². The number of rotatable bonds is 2. The van der Waals surface area contributed by atoms with E-state index in [1.807, 2.05) is 0 Å². The minimum absolute atomic E-state index is 0.398. The molecule has 0 radical (unpaired) electrons. The van der Waals surface area contributed by atoms with Crippen molar-refractivity contribution in [1.29, 1.82) is 0 Å². The maximum atomic E-state index is 12.8. The van der Waals surface area contributed by atoms with Crippen molar-refractivity contribution in [3.8, 4) is 0 Å². The van der Waals surface area contributed by atoms with E-state index < -0.39 is 27.4 Å². The van der Waals surface area contributed by atoms with Crippen LogP contribution in [0.1, 0.15) is 30.4 Å². The number of amides is 1. The Kier molecular flexibility index (Phi) is 5.00. The van der Waals surface area contributed by atoms with Gasteiger partial charge < -0.3 is 9.47 Å². The summed E-state index contributed by atoms with van der Waals surface area (Å²) in [6.45, 7) is 5.14. The number of esters is 1. The van der Waals surface area contributed by atoms with Gasteiger partial charge in [-0.15, -0.1) is 15.7 Å². The summed E-state index contributed by atoms with van der Waals surface area (Å²) in [6.07, 6.45) is 0.516. The van der Waals surface area contributed by atoms with Gasteiger partial charge in [0.15, 0.2) is 0 Å². The Morgan fingerprint density at radius 2 is 1.88 bits per heavy atom. The third-order valence-corrected chi connectivity index (χ3v) is 5.68. The van der Waals surface area contributed by atoms with Gasteiger partial charge >= 0.3 is 12.1 Å². The van der Waals surface area contributed by atoms with E-state index in [4.69, 9.17) is 9.47 Å². The number of nitrogens with zero attached hydrogens (tertiary/aromatic N) is 1. The van der Waals surface area contributed by atoms with Crippen LogP contribution in [0.25, 0.3) is 10.1 Å². The Bertz CT molecular complexity index is 914. The second-order valence-electron chi connectivity index (χ2n) is 6.18. The second kappa shape index (κ2) is 6.52. The molecule has 8 heteroatoms. The Hall–Kier alpha value is -1.93. The molecule has 0 aliphatic rings. The molecule has 0 bridgehead atoms. The zero-order valence-electron chi connectivity index (χ0n) is 14.1. The first kappa shape index (κ1) is 18.4. The molecular weight excluding hydrogens is 350 g/mol. The standard InChI is InChI=1S/C16H19NO5S2/c1-16(2,3)22-15(19)17-24(5,20)11-6-7-12-10(8-11)9-13(23-12)14(18)21-4/h6-9H,1-5H3. The largest absolute Gasteiger partial charge is 0.465 e. The van der Waals surface area contributed by atoms with E-state index in [2.05, 4.69) is 4.36 Å². The molecule has 6 nitrogen and oxygen atoms in total. The highest BCUT2D eigenvalue weighted by molar-refractivity contribution is 7.93. The lowest BCUT2D eigenvalue weighted by Crippen LogP contribution is -2.22. The van der Waals surface area contributed by atoms with Gasteiger partial charge in [0.25, 0.3) is 0 Å². The zero-order chi connectivity index (χ0) is 18.1. The summed E-state index contributed by atoms with van der Waals surface area (Å²) in [5.74, 6) is -0.423. The van der Waals surface area contributed by atoms with Gasteiger partial charge in [-0.25, -0.2) is 13.8 Å². The molecule has 2 aromatic rings. The number of ether oxygens (including phenoxy) is 2. The minimum Gasteiger partial charge on any atom is -0.465 e. The molecule has 0 saturated heterocycles. The molecule has 0 saturated carbocycles. The minimum atomic E-state index is -2.95. The van der Waals surface area contributed by atoms with Crippen molar-refractivity contribution >= 4 is 43.2 Å². The van der Waals surface area contributed by atoms with Gasteiger partial charge in [0.1, 0.15) is 10.5 Å². The van der Waals surface area contributed by atoms with E-state index in [9.17, 15) is 13.8 Å². The zero-order valence-corrected chi connectivity index (χ0v) is 15.7. The molecule has 0 aliphatic heterocycles. The maximum absolute atomic E-state index is 12.8. The molecular formula is C16H19NO5S2. The van der Waals surface area contributed by atoms with Crippen LogP contribution in [0.3, 0.4) is 0 Å². The first-order chi connectivity index (χ1) is 11.0. The van der Waals surface area contributed by atoms with Gasteiger partial charge in [-0.1, -0.05) is 0 Å². The molecule has 1 unspecified atom stereocenters. The fraction of sp³-hybridized carbons (Fsp3) is 0.375. The van der Waals surface area contributed by atoms with E-state index in [1.54, 1.807) is 45.0 Å². The summed E-state index contributed by atoms with van der Waals surface area (Å²) < 4.78 is 27.1. The first-order valence-corrected chi connectivity index (χ1v) is 9.83. The van der Waals surface area contributed by atoms with Crippen molar-refractivity contribution in [3.05, 3.63) is 29.1 Å². The van der Waals surface area contributed by atoms with Crippen molar-refractivity contribution in [2.75, 3.05) is 13.4 Å². The van der Waals surface area contributed by atoms with Gasteiger partial charge in [-0.3, -0.25) is 0 Å². The van der Waals surface area contributed by atoms with E-state index in [-0.39, 0.29) is 0 Å². The molecule has 1 amide bonds. The van der Waals surface area contributed by atoms with Crippen molar-refractivity contribution in [2.24, 2.45) is 4.36 Å². The Morgan fingerprint density at radius 1 is 1.21 bits per heavy atom. The molecule has 0 fully saturated rings. The first-order valence-electron chi connectivity index (χ1n) is 7.09. The normalized spacial score (nSPS) is 14.0. The summed E-state index contributed by atoms with van der Waals surface area (Å²) in [5, 5.41) is 0.742. The van der Waals surface area contributed by atoms with Crippen molar-refractivity contribution < 1.29 is 23.3 Å². The molecule has 0 N–H and O–H groups in total. The smallest absolute Gasteiger partial charge is 0.442 e. The van der Waals surface area contributed by atoms with Gasteiger partial charge in [-0.2, -0.15) is 0 Å². The summed E-state index contributed by atoms with van der Waals surface area (Å²) in [6, 6.07) is 6.71. The predicted octanol–water partition coefficient (Wildman–Crippen LogP) is 4.08. The number of carbonyl (C=O) groups excluding carboxylic acids is 2. The van der Waals surface area contributed by atoms with E-state index in [1.165, 1.54) is 24.7 Å². The van der Waals surface area contributed by atoms with Gasteiger partial charge in [0.05, 0.1) is 16.8 Å². The highest BCUT2D eigenvalue weighted by Crippen LogP contribution is 2.29. The summed E-state index contributed by atoms with van der Waals surface area (Å²) in [5.41, 5.74) is -0.706. The monoisotopic (exact) mass is 369 g/mol. The highest BCUT2D eigenvalue weighted by atomic mass is 32.2. The Labute approximate surface area is 145 Å². The number of thiophene rings is 1. The predicted molar refractivity (Wildman–Crippen MR) is 94.2 cm³/mol. The molecule has 1 aromatic heterocycles. The van der Waals surface area contributed by atoms with Crippen LogP contribution in [0.15, 0.2) is 33.5 Å². The molecule has 1 heterocycles. The topological polar surface area (TPSA) is 82.0 Å². The number of hydrogen-bond acceptors (Lipinski definition) is 6. The van der Waals surface area contributed by atoms with Gasteiger partial charge in [0.2, 0.25) is 0 Å². The molecule has 24 heavy (non-hydrogen) atoms.